The van der Waals surface area contributed by atoms with E-state index in [-0.39, 0.29) is 23.9 Å². The predicted molar refractivity (Wildman–Crippen MR) is 132 cm³/mol. The fourth-order valence-corrected chi connectivity index (χ4v) is 6.30. The lowest BCUT2D eigenvalue weighted by Crippen LogP contribution is -2.44. The van der Waals surface area contributed by atoms with Crippen molar-refractivity contribution in [1.82, 2.24) is 15.3 Å². The van der Waals surface area contributed by atoms with Crippen molar-refractivity contribution in [2.45, 2.75) is 44.6 Å². The molecule has 1 aromatic carbocycles. The Kier molecular flexibility index (Phi) is 6.72. The van der Waals surface area contributed by atoms with Crippen molar-refractivity contribution in [2.24, 2.45) is 11.8 Å². The van der Waals surface area contributed by atoms with E-state index in [2.05, 4.69) is 22.5 Å². The number of hydrogen-bond donors (Lipinski definition) is 1. The maximum absolute atomic E-state index is 13.5. The molecule has 0 bridgehead atoms. The first-order valence-corrected chi connectivity index (χ1v) is 12.7. The average Bonchev–Trinajstić information content (AvgIpc) is 3.30. The van der Waals surface area contributed by atoms with E-state index in [4.69, 9.17) is 9.72 Å². The second-order valence-corrected chi connectivity index (χ2v) is 9.97. The Hall–Kier alpha value is -3.06. The molecule has 1 amide bonds. The number of hydrogen-bond acceptors (Lipinski definition) is 5. The number of thiazole rings is 1. The number of amides is 1. The topological polar surface area (TPSA) is 64.1 Å². The summed E-state index contributed by atoms with van der Waals surface area (Å²) >= 11 is 1.73. The van der Waals surface area contributed by atoms with Crippen LogP contribution in [0.15, 0.2) is 54.2 Å². The zero-order valence-corrected chi connectivity index (χ0v) is 19.9. The number of allylic oxidation sites excluding steroid dienone is 1. The normalized spacial score (nSPS) is 23.8. The van der Waals surface area contributed by atoms with Crippen molar-refractivity contribution in [3.05, 3.63) is 76.3 Å². The fourth-order valence-electron chi connectivity index (χ4n) is 5.39. The third-order valence-corrected chi connectivity index (χ3v) is 7.83. The maximum Gasteiger partial charge on any atom is 0.407 e. The molecular formula is C27H28FN3O2S. The minimum atomic E-state index is -0.315. The van der Waals surface area contributed by atoms with Gasteiger partial charge in [0.2, 0.25) is 0 Å². The Bertz CT molecular complexity index is 1180. The molecule has 1 fully saturated rings. The minimum absolute atomic E-state index is 0.163. The lowest BCUT2D eigenvalue weighted by molar-refractivity contribution is 0.129. The van der Waals surface area contributed by atoms with Gasteiger partial charge in [0.15, 0.2) is 0 Å². The third-order valence-electron chi connectivity index (χ3n) is 6.95. The number of carbonyl (C=O) groups is 1. The molecule has 4 atom stereocenters. The number of carbonyl (C=O) groups excluding carboxylic acids is 1. The Morgan fingerprint density at radius 3 is 2.94 bits per heavy atom. The molecule has 176 valence electrons. The maximum atomic E-state index is 13.5. The number of ether oxygens (including phenoxy) is 1. The van der Waals surface area contributed by atoms with E-state index in [1.54, 1.807) is 23.6 Å². The second-order valence-electron chi connectivity index (χ2n) is 9.03. The van der Waals surface area contributed by atoms with Crippen LogP contribution in [-0.2, 0) is 11.2 Å². The highest BCUT2D eigenvalue weighted by Gasteiger charge is 2.41. The van der Waals surface area contributed by atoms with Gasteiger partial charge in [-0.05, 0) is 74.3 Å². The molecule has 1 N–H and O–H groups in total. The molecule has 0 spiro atoms. The number of aromatic nitrogens is 2. The van der Waals surface area contributed by atoms with Gasteiger partial charge >= 0.3 is 6.09 Å². The van der Waals surface area contributed by atoms with Crippen LogP contribution in [0.1, 0.15) is 48.4 Å². The summed E-state index contributed by atoms with van der Waals surface area (Å²) in [5.41, 5.74) is 5.72. The molecule has 0 radical (unpaired) electrons. The van der Waals surface area contributed by atoms with Gasteiger partial charge in [0.05, 0.1) is 23.5 Å². The Labute approximate surface area is 203 Å². The molecule has 2 aliphatic carbocycles. The van der Waals surface area contributed by atoms with Gasteiger partial charge in [-0.2, -0.15) is 0 Å². The van der Waals surface area contributed by atoms with E-state index in [0.29, 0.717) is 18.4 Å². The second kappa shape index (κ2) is 10.1. The Morgan fingerprint density at radius 1 is 1.24 bits per heavy atom. The molecule has 0 unspecified atom stereocenters. The number of halogens is 1. The number of nitrogens with zero attached hydrogens (tertiary/aromatic N) is 2. The molecule has 5 nitrogen and oxygen atoms in total. The fraction of sp³-hybridized carbons (Fsp3) is 0.370. The van der Waals surface area contributed by atoms with Crippen molar-refractivity contribution >= 4 is 23.5 Å². The number of benzene rings is 1. The summed E-state index contributed by atoms with van der Waals surface area (Å²) in [6, 6.07) is 10.7. The summed E-state index contributed by atoms with van der Waals surface area (Å²) in [5.74, 6) is 0.997. The summed E-state index contributed by atoms with van der Waals surface area (Å²) < 4.78 is 18.6. The predicted octanol–water partition coefficient (Wildman–Crippen LogP) is 6.23. The number of rotatable bonds is 5. The van der Waals surface area contributed by atoms with E-state index in [1.165, 1.54) is 22.7 Å². The number of pyridine rings is 1. The van der Waals surface area contributed by atoms with Crippen molar-refractivity contribution in [3.8, 4) is 11.1 Å². The summed E-state index contributed by atoms with van der Waals surface area (Å²) in [6.07, 6.45) is 9.78. The van der Waals surface area contributed by atoms with Crippen molar-refractivity contribution in [2.75, 3.05) is 6.61 Å². The number of alkyl carbamates (subject to hydrolysis) is 1. The molecule has 2 aromatic heterocycles. The SMILES string of the molecule is CCOC(=O)N[C@@H]1CC[C@@H]2[C@H](Cc3scnc3[C@H]2/C=C/c2ccc(-c3cccc(F)c3)cn2)C1. The van der Waals surface area contributed by atoms with Crippen molar-refractivity contribution in [3.63, 3.8) is 0 Å². The summed E-state index contributed by atoms with van der Waals surface area (Å²) in [4.78, 5) is 22.6. The van der Waals surface area contributed by atoms with E-state index in [9.17, 15) is 9.18 Å². The van der Waals surface area contributed by atoms with Crippen LogP contribution >= 0.6 is 11.3 Å². The van der Waals surface area contributed by atoms with Crippen LogP contribution in [0.2, 0.25) is 0 Å². The molecule has 2 aliphatic rings. The van der Waals surface area contributed by atoms with E-state index in [1.807, 2.05) is 30.6 Å². The van der Waals surface area contributed by atoms with E-state index >= 15 is 0 Å². The molecule has 0 aliphatic heterocycles. The lowest BCUT2D eigenvalue weighted by Gasteiger charge is -2.42. The van der Waals surface area contributed by atoms with Gasteiger partial charge in [-0.15, -0.1) is 11.3 Å². The zero-order valence-electron chi connectivity index (χ0n) is 19.1. The van der Waals surface area contributed by atoms with Crippen LogP contribution < -0.4 is 5.32 Å². The van der Waals surface area contributed by atoms with Gasteiger partial charge in [0.1, 0.15) is 5.82 Å². The molecule has 3 aromatic rings. The molecule has 7 heteroatoms. The smallest absolute Gasteiger partial charge is 0.407 e. The van der Waals surface area contributed by atoms with Crippen molar-refractivity contribution in [1.29, 1.82) is 0 Å². The highest BCUT2D eigenvalue weighted by Crippen LogP contribution is 2.48. The average molecular weight is 478 g/mol. The minimum Gasteiger partial charge on any atom is -0.450 e. The van der Waals surface area contributed by atoms with Gasteiger partial charge in [-0.1, -0.05) is 24.3 Å². The summed E-state index contributed by atoms with van der Waals surface area (Å²) in [7, 11) is 0. The first-order chi connectivity index (χ1) is 16.6. The molecule has 2 heterocycles. The van der Waals surface area contributed by atoms with Crippen LogP contribution in [-0.4, -0.2) is 28.7 Å². The number of fused-ring (bicyclic) bond motifs is 2. The monoisotopic (exact) mass is 477 g/mol. The van der Waals surface area contributed by atoms with Crippen LogP contribution in [0, 0.1) is 17.7 Å². The first-order valence-electron chi connectivity index (χ1n) is 11.9. The molecule has 1 saturated carbocycles. The standard InChI is InChI=1S/C27H28FN3O2S/c1-2-33-27(32)31-22-9-10-23-19(13-22)14-25-26(30-16-34-25)24(23)11-8-21-7-6-18(15-29-21)17-4-3-5-20(28)12-17/h3-8,11-12,15-16,19,22-24H,2,9-10,13-14H2,1H3,(H,31,32)/b11-8+/t19-,22+,23+,24-/m0/s1. The highest BCUT2D eigenvalue weighted by atomic mass is 32.1. The Morgan fingerprint density at radius 2 is 2.15 bits per heavy atom. The lowest BCUT2D eigenvalue weighted by atomic mass is 9.65. The van der Waals surface area contributed by atoms with Gasteiger partial charge in [-0.25, -0.2) is 14.2 Å². The van der Waals surface area contributed by atoms with Gasteiger partial charge in [-0.3, -0.25) is 4.98 Å². The third kappa shape index (κ3) is 4.89. The van der Waals surface area contributed by atoms with Gasteiger partial charge in [0.25, 0.3) is 0 Å². The van der Waals surface area contributed by atoms with E-state index in [0.717, 1.165) is 42.5 Å². The summed E-state index contributed by atoms with van der Waals surface area (Å²) in [6.45, 7) is 2.21. The largest absolute Gasteiger partial charge is 0.450 e. The van der Waals surface area contributed by atoms with Gasteiger partial charge in [0, 0.05) is 28.6 Å². The Balaban J connectivity index is 1.32. The number of nitrogens with one attached hydrogen (secondary N) is 1. The van der Waals surface area contributed by atoms with Crippen LogP contribution in [0.4, 0.5) is 9.18 Å². The summed E-state index contributed by atoms with van der Waals surface area (Å²) in [5, 5.41) is 3.04. The van der Waals surface area contributed by atoms with Gasteiger partial charge < -0.3 is 10.1 Å². The highest BCUT2D eigenvalue weighted by molar-refractivity contribution is 7.09. The molecule has 0 saturated heterocycles. The molecular weight excluding hydrogens is 449 g/mol. The van der Waals surface area contributed by atoms with E-state index < -0.39 is 0 Å². The first kappa shape index (κ1) is 22.7. The van der Waals surface area contributed by atoms with Crippen molar-refractivity contribution < 1.29 is 13.9 Å². The quantitative estimate of drug-likeness (QED) is 0.473. The zero-order chi connectivity index (χ0) is 23.5. The molecule has 34 heavy (non-hydrogen) atoms. The van der Waals surface area contributed by atoms with Crippen LogP contribution in [0.25, 0.3) is 17.2 Å². The van der Waals surface area contributed by atoms with Crippen LogP contribution in [0.5, 0.6) is 0 Å². The van der Waals surface area contributed by atoms with Crippen LogP contribution in [0.3, 0.4) is 0 Å². The molecule has 5 rings (SSSR count).